The Balaban J connectivity index is 2.41. The molecule has 118 valence electrons. The van der Waals surface area contributed by atoms with E-state index in [4.69, 9.17) is 0 Å². The number of benzene rings is 1. The molecule has 1 aliphatic carbocycles. The molecule has 2 rings (SSSR count). The molecule has 1 aromatic rings. The van der Waals surface area contributed by atoms with Crippen molar-refractivity contribution in [2.75, 3.05) is 6.54 Å². The molecule has 0 saturated heterocycles. The Morgan fingerprint density at radius 3 is 2.67 bits per heavy atom. The lowest BCUT2D eigenvalue weighted by Gasteiger charge is -2.44. The molecule has 0 heterocycles. The van der Waals surface area contributed by atoms with Crippen molar-refractivity contribution in [3.8, 4) is 0 Å². The van der Waals surface area contributed by atoms with Crippen LogP contribution < -0.4 is 5.32 Å². The zero-order chi connectivity index (χ0) is 15.7. The summed E-state index contributed by atoms with van der Waals surface area (Å²) < 4.78 is 26.1. The van der Waals surface area contributed by atoms with Gasteiger partial charge in [-0.1, -0.05) is 39.3 Å². The third kappa shape index (κ3) is 3.32. The maximum atomic E-state index is 13.1. The summed E-state index contributed by atoms with van der Waals surface area (Å²) in [5.74, 6) is 0. The van der Waals surface area contributed by atoms with Crippen LogP contribution in [0, 0.1) is 12.3 Å². The van der Waals surface area contributed by atoms with Crippen LogP contribution in [0.5, 0.6) is 0 Å². The van der Waals surface area contributed by atoms with Gasteiger partial charge in [0.1, 0.15) is 0 Å². The van der Waals surface area contributed by atoms with Gasteiger partial charge in [0.15, 0.2) is 9.84 Å². The van der Waals surface area contributed by atoms with E-state index >= 15 is 0 Å². The lowest BCUT2D eigenvalue weighted by atomic mass is 9.73. The van der Waals surface area contributed by atoms with E-state index in [1.54, 1.807) is 12.1 Å². The molecule has 1 aromatic carbocycles. The third-order valence-corrected chi connectivity index (χ3v) is 6.88. The highest BCUT2D eigenvalue weighted by molar-refractivity contribution is 7.92. The normalized spacial score (nSPS) is 25.7. The van der Waals surface area contributed by atoms with Crippen LogP contribution in [0.2, 0.25) is 0 Å². The fraction of sp³-hybridized carbons (Fsp3) is 0.647. The van der Waals surface area contributed by atoms with E-state index in [2.05, 4.69) is 19.2 Å². The van der Waals surface area contributed by atoms with E-state index in [1.807, 2.05) is 26.0 Å². The van der Waals surface area contributed by atoms with Crippen molar-refractivity contribution in [1.82, 2.24) is 5.32 Å². The summed E-state index contributed by atoms with van der Waals surface area (Å²) in [4.78, 5) is 0.466. The topological polar surface area (TPSA) is 46.2 Å². The maximum Gasteiger partial charge on any atom is 0.182 e. The van der Waals surface area contributed by atoms with Crippen molar-refractivity contribution in [2.45, 2.75) is 63.1 Å². The van der Waals surface area contributed by atoms with E-state index < -0.39 is 9.84 Å². The Kier molecular flexibility index (Phi) is 4.79. The fourth-order valence-corrected chi connectivity index (χ4v) is 5.78. The van der Waals surface area contributed by atoms with Gasteiger partial charge in [-0.15, -0.1) is 0 Å². The maximum absolute atomic E-state index is 13.1. The quantitative estimate of drug-likeness (QED) is 0.928. The Bertz CT molecular complexity index is 593. The van der Waals surface area contributed by atoms with Gasteiger partial charge in [0.25, 0.3) is 0 Å². The molecule has 2 unspecified atom stereocenters. The smallest absolute Gasteiger partial charge is 0.182 e. The molecule has 0 aromatic heterocycles. The van der Waals surface area contributed by atoms with Gasteiger partial charge in [-0.05, 0) is 49.4 Å². The first kappa shape index (κ1) is 16.5. The van der Waals surface area contributed by atoms with E-state index in [9.17, 15) is 8.42 Å². The first-order valence-electron chi connectivity index (χ1n) is 7.83. The lowest BCUT2D eigenvalue weighted by Crippen LogP contribution is -2.55. The van der Waals surface area contributed by atoms with Gasteiger partial charge < -0.3 is 5.32 Å². The molecule has 3 nitrogen and oxygen atoms in total. The number of sulfone groups is 1. The zero-order valence-electron chi connectivity index (χ0n) is 13.5. The molecular weight excluding hydrogens is 282 g/mol. The van der Waals surface area contributed by atoms with E-state index in [1.165, 1.54) is 0 Å². The Labute approximate surface area is 129 Å². The summed E-state index contributed by atoms with van der Waals surface area (Å²) in [6, 6.07) is 7.30. The van der Waals surface area contributed by atoms with Crippen molar-refractivity contribution in [3.63, 3.8) is 0 Å². The number of hydrogen-bond acceptors (Lipinski definition) is 3. The fourth-order valence-electron chi connectivity index (χ4n) is 3.51. The van der Waals surface area contributed by atoms with Gasteiger partial charge in [0, 0.05) is 6.04 Å². The first-order chi connectivity index (χ1) is 9.79. The number of nitrogens with one attached hydrogen (secondary N) is 1. The lowest BCUT2D eigenvalue weighted by molar-refractivity contribution is 0.172. The molecular formula is C17H27NO2S. The third-order valence-electron chi connectivity index (χ3n) is 4.66. The second-order valence-corrected chi connectivity index (χ2v) is 8.98. The number of hydrogen-bond donors (Lipinski definition) is 1. The van der Waals surface area contributed by atoms with Crippen molar-refractivity contribution >= 4 is 9.84 Å². The molecule has 0 radical (unpaired) electrons. The molecule has 0 spiro atoms. The van der Waals surface area contributed by atoms with Gasteiger partial charge in [0.2, 0.25) is 0 Å². The molecule has 1 aliphatic rings. The number of rotatable bonds is 4. The van der Waals surface area contributed by atoms with Gasteiger partial charge in [-0.2, -0.15) is 0 Å². The SMILES string of the molecule is CCNC1C(S(=O)(=O)c2cccc(C)c2)CCCC1(C)C. The van der Waals surface area contributed by atoms with Gasteiger partial charge in [-0.25, -0.2) is 8.42 Å². The molecule has 0 aliphatic heterocycles. The highest BCUT2D eigenvalue weighted by Crippen LogP contribution is 2.40. The van der Waals surface area contributed by atoms with Crippen molar-refractivity contribution < 1.29 is 8.42 Å². The van der Waals surface area contributed by atoms with Crippen LogP contribution in [0.25, 0.3) is 0 Å². The van der Waals surface area contributed by atoms with E-state index in [0.29, 0.717) is 4.90 Å². The molecule has 0 amide bonds. The van der Waals surface area contributed by atoms with Crippen LogP contribution in [0.1, 0.15) is 45.6 Å². The highest BCUT2D eigenvalue weighted by Gasteiger charge is 2.45. The molecule has 4 heteroatoms. The summed E-state index contributed by atoms with van der Waals surface area (Å²) in [6.45, 7) is 9.14. The van der Waals surface area contributed by atoms with Gasteiger partial charge >= 0.3 is 0 Å². The van der Waals surface area contributed by atoms with Gasteiger partial charge in [-0.3, -0.25) is 0 Å². The molecule has 1 saturated carbocycles. The zero-order valence-corrected chi connectivity index (χ0v) is 14.3. The summed E-state index contributed by atoms with van der Waals surface area (Å²) in [5.41, 5.74) is 1.00. The second kappa shape index (κ2) is 6.09. The summed E-state index contributed by atoms with van der Waals surface area (Å²) >= 11 is 0. The monoisotopic (exact) mass is 309 g/mol. The predicted octanol–water partition coefficient (Wildman–Crippen LogP) is 3.33. The molecule has 0 bridgehead atoms. The summed E-state index contributed by atoms with van der Waals surface area (Å²) in [5, 5.41) is 3.11. The van der Waals surface area contributed by atoms with Crippen LogP contribution in [0.4, 0.5) is 0 Å². The van der Waals surface area contributed by atoms with Crippen molar-refractivity contribution in [2.24, 2.45) is 5.41 Å². The summed E-state index contributed by atoms with van der Waals surface area (Å²) in [6.07, 6.45) is 2.80. The standard InChI is InChI=1S/C17H27NO2S/c1-5-18-16-15(10-7-11-17(16,3)4)21(19,20)14-9-6-8-13(2)12-14/h6,8-9,12,15-16,18H,5,7,10-11H2,1-4H3. The van der Waals surface area contributed by atoms with Crippen molar-refractivity contribution in [1.29, 1.82) is 0 Å². The van der Waals surface area contributed by atoms with Crippen LogP contribution in [-0.4, -0.2) is 26.3 Å². The molecule has 1 fully saturated rings. The van der Waals surface area contributed by atoms with Crippen LogP contribution >= 0.6 is 0 Å². The summed E-state index contributed by atoms with van der Waals surface area (Å²) in [7, 11) is -3.29. The van der Waals surface area contributed by atoms with Crippen LogP contribution in [-0.2, 0) is 9.84 Å². The minimum atomic E-state index is -3.29. The average Bonchev–Trinajstić information content (AvgIpc) is 2.40. The molecule has 21 heavy (non-hydrogen) atoms. The predicted molar refractivity (Wildman–Crippen MR) is 87.2 cm³/mol. The van der Waals surface area contributed by atoms with E-state index in [0.717, 1.165) is 31.4 Å². The van der Waals surface area contributed by atoms with Crippen molar-refractivity contribution in [3.05, 3.63) is 29.8 Å². The second-order valence-electron chi connectivity index (χ2n) is 6.82. The molecule has 2 atom stereocenters. The highest BCUT2D eigenvalue weighted by atomic mass is 32.2. The van der Waals surface area contributed by atoms with E-state index in [-0.39, 0.29) is 16.7 Å². The largest absolute Gasteiger partial charge is 0.312 e. The van der Waals surface area contributed by atoms with Crippen LogP contribution in [0.3, 0.4) is 0 Å². The minimum absolute atomic E-state index is 0.00974. The first-order valence-corrected chi connectivity index (χ1v) is 9.37. The Morgan fingerprint density at radius 2 is 2.05 bits per heavy atom. The van der Waals surface area contributed by atoms with Gasteiger partial charge in [0.05, 0.1) is 10.1 Å². The van der Waals surface area contributed by atoms with Crippen LogP contribution in [0.15, 0.2) is 29.2 Å². The Hall–Kier alpha value is -0.870. The minimum Gasteiger partial charge on any atom is -0.312 e. The Morgan fingerprint density at radius 1 is 1.33 bits per heavy atom. The average molecular weight is 309 g/mol. The number of aryl methyl sites for hydroxylation is 1. The molecule has 1 N–H and O–H groups in total.